The van der Waals surface area contributed by atoms with Crippen LogP contribution in [0.3, 0.4) is 0 Å². The van der Waals surface area contributed by atoms with Gasteiger partial charge >= 0.3 is 12.1 Å². The quantitative estimate of drug-likeness (QED) is 0.125. The number of amides is 3. The maximum Gasteiger partial charge on any atom is 0.490 e. The number of benzene rings is 3. The number of likely N-dealkylation sites (tertiary alicyclic amines) is 1. The number of rotatable bonds is 13. The Kier molecular flexibility index (Phi) is 14.1. The summed E-state index contributed by atoms with van der Waals surface area (Å²) in [5.41, 5.74) is 9.27. The van der Waals surface area contributed by atoms with Gasteiger partial charge in [-0.1, -0.05) is 80.6 Å². The summed E-state index contributed by atoms with van der Waals surface area (Å²) >= 11 is 0. The molecule has 3 aromatic rings. The number of hydrogen-bond donors (Lipinski definition) is 5. The minimum absolute atomic E-state index is 0.135. The molecule has 288 valence electrons. The summed E-state index contributed by atoms with van der Waals surface area (Å²) in [6.45, 7) is 5.22. The number of nitrogens with one attached hydrogen (secondary N) is 3. The van der Waals surface area contributed by atoms with E-state index in [0.29, 0.717) is 79.7 Å². The molecule has 1 aliphatic heterocycles. The van der Waals surface area contributed by atoms with E-state index in [1.54, 1.807) is 47.4 Å². The molecule has 0 aromatic heterocycles. The third-order valence-corrected chi connectivity index (χ3v) is 8.96. The predicted octanol–water partition coefficient (Wildman–Crippen LogP) is 4.11. The van der Waals surface area contributed by atoms with Gasteiger partial charge in [-0.05, 0) is 49.7 Å². The number of carboxylic acids is 1. The fourth-order valence-electron chi connectivity index (χ4n) is 6.37. The number of carbonyl (C=O) groups excluding carboxylic acids is 5. The maximum absolute atomic E-state index is 13.7. The van der Waals surface area contributed by atoms with Crippen molar-refractivity contribution in [2.75, 3.05) is 25.0 Å². The molecule has 0 spiro atoms. The van der Waals surface area contributed by atoms with Crippen molar-refractivity contribution in [3.05, 3.63) is 101 Å². The molecule has 54 heavy (non-hydrogen) atoms. The first-order chi connectivity index (χ1) is 25.6. The molecule has 5 rings (SSSR count). The summed E-state index contributed by atoms with van der Waals surface area (Å²) in [6.07, 6.45) is -2.51. The number of anilines is 1. The number of fused-ring (bicyclic) bond motifs is 2. The SMILES string of the molecule is CC(C)C[C@H](NC(=O)[C@@H](N)Cc1ccccc1)C(=O)N1CCC[C@H]1C(=O)NCCCNc1cccc2c1C(=O)c1ccccc1C2=O.O=C(O)C(F)(F)F. The number of alkyl halides is 3. The zero-order valence-corrected chi connectivity index (χ0v) is 29.9. The molecule has 3 amide bonds. The number of halogens is 3. The molecule has 3 aromatic carbocycles. The molecule has 0 saturated carbocycles. The lowest BCUT2D eigenvalue weighted by Crippen LogP contribution is -2.56. The van der Waals surface area contributed by atoms with E-state index in [1.807, 2.05) is 44.2 Å². The molecule has 1 saturated heterocycles. The van der Waals surface area contributed by atoms with Crippen molar-refractivity contribution in [2.24, 2.45) is 11.7 Å². The Morgan fingerprint density at radius 2 is 1.50 bits per heavy atom. The smallest absolute Gasteiger partial charge is 0.475 e. The fourth-order valence-corrected chi connectivity index (χ4v) is 6.37. The van der Waals surface area contributed by atoms with Crippen molar-refractivity contribution in [3.63, 3.8) is 0 Å². The van der Waals surface area contributed by atoms with Crippen molar-refractivity contribution >= 4 is 40.9 Å². The summed E-state index contributed by atoms with van der Waals surface area (Å²) in [5, 5.41) is 16.2. The van der Waals surface area contributed by atoms with Gasteiger partial charge in [-0.15, -0.1) is 0 Å². The van der Waals surface area contributed by atoms with Gasteiger partial charge in [-0.2, -0.15) is 13.2 Å². The van der Waals surface area contributed by atoms with Crippen LogP contribution in [-0.2, 0) is 25.6 Å². The van der Waals surface area contributed by atoms with Crippen LogP contribution >= 0.6 is 0 Å². The maximum atomic E-state index is 13.7. The van der Waals surface area contributed by atoms with Crippen LogP contribution in [0.25, 0.3) is 0 Å². The minimum Gasteiger partial charge on any atom is -0.475 e. The van der Waals surface area contributed by atoms with Gasteiger partial charge in [0, 0.05) is 42.0 Å². The molecule has 1 aliphatic carbocycles. The van der Waals surface area contributed by atoms with Crippen molar-refractivity contribution in [3.8, 4) is 0 Å². The van der Waals surface area contributed by atoms with Crippen LogP contribution in [0.1, 0.15) is 76.9 Å². The van der Waals surface area contributed by atoms with E-state index in [-0.39, 0.29) is 29.3 Å². The Hall–Kier alpha value is -5.57. The number of carbonyl (C=O) groups is 6. The van der Waals surface area contributed by atoms with Crippen LogP contribution in [0, 0.1) is 5.92 Å². The Balaban J connectivity index is 0.000000845. The largest absolute Gasteiger partial charge is 0.490 e. The highest BCUT2D eigenvalue weighted by molar-refractivity contribution is 6.30. The van der Waals surface area contributed by atoms with Gasteiger partial charge in [0.15, 0.2) is 11.6 Å². The molecule has 0 radical (unpaired) electrons. The zero-order chi connectivity index (χ0) is 39.6. The lowest BCUT2D eigenvalue weighted by molar-refractivity contribution is -0.192. The first-order valence-electron chi connectivity index (χ1n) is 17.6. The highest BCUT2D eigenvalue weighted by Crippen LogP contribution is 2.32. The normalized spacial score (nSPS) is 16.0. The molecule has 6 N–H and O–H groups in total. The predicted molar refractivity (Wildman–Crippen MR) is 194 cm³/mol. The number of aliphatic carboxylic acids is 1. The second-order valence-electron chi connectivity index (χ2n) is 13.5. The minimum atomic E-state index is -5.08. The first-order valence-corrected chi connectivity index (χ1v) is 17.6. The molecule has 1 heterocycles. The first kappa shape index (κ1) is 41.2. The van der Waals surface area contributed by atoms with Crippen LogP contribution in [0.5, 0.6) is 0 Å². The van der Waals surface area contributed by atoms with Crippen LogP contribution in [0.4, 0.5) is 18.9 Å². The lowest BCUT2D eigenvalue weighted by atomic mass is 9.83. The molecule has 12 nitrogen and oxygen atoms in total. The summed E-state index contributed by atoms with van der Waals surface area (Å²) in [6, 6.07) is 19.3. The van der Waals surface area contributed by atoms with Crippen molar-refractivity contribution in [2.45, 2.75) is 70.3 Å². The topological polar surface area (TPSA) is 188 Å². The van der Waals surface area contributed by atoms with Gasteiger partial charge in [0.25, 0.3) is 0 Å². The second kappa shape index (κ2) is 18.5. The standard InChI is InChI=1S/C37H43N5O5.C2HF3O2/c1-23(2)21-30(41-35(45)28(38)22-24-11-4-3-5-12-24)37(47)42-20-9-17-31(42)36(46)40-19-10-18-39-29-16-8-15-27-32(29)34(44)26-14-7-6-13-25(26)33(27)43;3-2(4,5)1(6)7/h3-8,11-16,23,28,30-31,39H,9-10,17-22,38H2,1-2H3,(H,40,46)(H,41,45);(H,6,7)/t28-,30-,31-;/m0./s1. The molecule has 0 unspecified atom stereocenters. The van der Waals surface area contributed by atoms with Crippen molar-refractivity contribution < 1.29 is 47.0 Å². The third-order valence-electron chi connectivity index (χ3n) is 8.96. The number of carboxylic acid groups (broad SMARTS) is 1. The molecular weight excluding hydrogens is 707 g/mol. The van der Waals surface area contributed by atoms with E-state index in [1.165, 1.54) is 0 Å². The van der Waals surface area contributed by atoms with E-state index in [9.17, 15) is 37.1 Å². The van der Waals surface area contributed by atoms with Crippen LogP contribution in [0.15, 0.2) is 72.8 Å². The Morgan fingerprint density at radius 1 is 0.889 bits per heavy atom. The number of nitrogens with two attached hydrogens (primary N) is 1. The van der Waals surface area contributed by atoms with E-state index >= 15 is 0 Å². The summed E-state index contributed by atoms with van der Waals surface area (Å²) in [4.78, 5) is 76.7. The van der Waals surface area contributed by atoms with Crippen molar-refractivity contribution in [1.29, 1.82) is 0 Å². The summed E-state index contributed by atoms with van der Waals surface area (Å²) in [7, 11) is 0. The Morgan fingerprint density at radius 3 is 2.13 bits per heavy atom. The molecule has 3 atom stereocenters. The van der Waals surface area contributed by atoms with Crippen LogP contribution in [-0.4, -0.2) is 89.2 Å². The fraction of sp³-hybridized carbons (Fsp3) is 0.385. The Bertz CT molecular complexity index is 1850. The average molecular weight is 752 g/mol. The van der Waals surface area contributed by atoms with E-state index in [0.717, 1.165) is 5.56 Å². The highest BCUT2D eigenvalue weighted by Gasteiger charge is 2.39. The monoisotopic (exact) mass is 751 g/mol. The van der Waals surface area contributed by atoms with E-state index in [4.69, 9.17) is 15.6 Å². The summed E-state index contributed by atoms with van der Waals surface area (Å²) in [5.74, 6) is -3.89. The van der Waals surface area contributed by atoms with Gasteiger partial charge in [-0.3, -0.25) is 24.0 Å². The number of ketones is 2. The van der Waals surface area contributed by atoms with Gasteiger partial charge in [0.05, 0.1) is 11.6 Å². The molecule has 15 heteroatoms. The van der Waals surface area contributed by atoms with Crippen LogP contribution < -0.4 is 21.7 Å². The van der Waals surface area contributed by atoms with Crippen LogP contribution in [0.2, 0.25) is 0 Å². The molecular formula is C39H44F3N5O7. The molecule has 2 aliphatic rings. The third kappa shape index (κ3) is 10.5. The Labute approximate surface area is 310 Å². The molecule has 0 bridgehead atoms. The lowest BCUT2D eigenvalue weighted by Gasteiger charge is -2.30. The van der Waals surface area contributed by atoms with E-state index in [2.05, 4.69) is 16.0 Å². The van der Waals surface area contributed by atoms with Crippen molar-refractivity contribution in [1.82, 2.24) is 15.5 Å². The zero-order valence-electron chi connectivity index (χ0n) is 29.9. The van der Waals surface area contributed by atoms with Gasteiger partial charge < -0.3 is 31.7 Å². The molecule has 1 fully saturated rings. The number of nitrogens with zero attached hydrogens (tertiary/aromatic N) is 1. The average Bonchev–Trinajstić information content (AvgIpc) is 3.63. The highest BCUT2D eigenvalue weighted by atomic mass is 19.4. The van der Waals surface area contributed by atoms with Gasteiger partial charge in [-0.25, -0.2) is 4.79 Å². The van der Waals surface area contributed by atoms with Gasteiger partial charge in [0.2, 0.25) is 17.7 Å². The number of hydrogen-bond acceptors (Lipinski definition) is 8. The summed E-state index contributed by atoms with van der Waals surface area (Å²) < 4.78 is 31.7. The second-order valence-corrected chi connectivity index (χ2v) is 13.5. The van der Waals surface area contributed by atoms with Gasteiger partial charge in [0.1, 0.15) is 12.1 Å². The van der Waals surface area contributed by atoms with E-state index < -0.39 is 36.2 Å².